The molecule has 1 heterocycles. The van der Waals surface area contributed by atoms with Crippen LogP contribution in [0.5, 0.6) is 0 Å². The van der Waals surface area contributed by atoms with Gasteiger partial charge < -0.3 is 5.32 Å². The first kappa shape index (κ1) is 13.9. The summed E-state index contributed by atoms with van der Waals surface area (Å²) in [5.41, 5.74) is 1.38. The van der Waals surface area contributed by atoms with Crippen molar-refractivity contribution in [3.8, 4) is 6.07 Å². The maximum absolute atomic E-state index is 8.84. The molecule has 2 aromatic rings. The molecule has 1 aromatic heterocycles. The predicted octanol–water partition coefficient (Wildman–Crippen LogP) is 4.40. The van der Waals surface area contributed by atoms with Gasteiger partial charge in [-0.3, -0.25) is 0 Å². The van der Waals surface area contributed by atoms with E-state index in [1.165, 1.54) is 4.88 Å². The second kappa shape index (κ2) is 6.05. The Morgan fingerprint density at radius 3 is 2.89 bits per heavy atom. The van der Waals surface area contributed by atoms with Crippen molar-refractivity contribution in [2.75, 3.05) is 5.32 Å². The van der Waals surface area contributed by atoms with E-state index >= 15 is 0 Å². The van der Waals surface area contributed by atoms with Gasteiger partial charge in [0, 0.05) is 16.8 Å². The second-order valence-electron chi connectivity index (χ2n) is 4.19. The van der Waals surface area contributed by atoms with Gasteiger partial charge in [-0.15, -0.1) is 11.3 Å². The van der Waals surface area contributed by atoms with Gasteiger partial charge in [0.2, 0.25) is 0 Å². The van der Waals surface area contributed by atoms with Crippen molar-refractivity contribution < 1.29 is 0 Å². The SMILES string of the molecule is CCc1cnc(C(C)Nc2ccc(C#N)c(Cl)c2)s1. The Morgan fingerprint density at radius 1 is 1.53 bits per heavy atom. The van der Waals surface area contributed by atoms with Crippen LogP contribution in [0, 0.1) is 11.3 Å². The summed E-state index contributed by atoms with van der Waals surface area (Å²) in [4.78, 5) is 5.69. The highest BCUT2D eigenvalue weighted by molar-refractivity contribution is 7.11. The van der Waals surface area contributed by atoms with Gasteiger partial charge in [0.15, 0.2) is 0 Å². The Balaban J connectivity index is 2.12. The molecule has 0 aliphatic heterocycles. The van der Waals surface area contributed by atoms with Crippen LogP contribution < -0.4 is 5.32 Å². The van der Waals surface area contributed by atoms with Crippen molar-refractivity contribution in [2.45, 2.75) is 26.3 Å². The molecule has 0 fully saturated rings. The molecular weight excluding hydrogens is 278 g/mol. The molecule has 1 aromatic carbocycles. The number of nitrogens with one attached hydrogen (secondary N) is 1. The summed E-state index contributed by atoms with van der Waals surface area (Å²) in [6, 6.07) is 7.51. The topological polar surface area (TPSA) is 48.7 Å². The molecule has 0 saturated heterocycles. The number of hydrogen-bond acceptors (Lipinski definition) is 4. The zero-order valence-electron chi connectivity index (χ0n) is 10.8. The molecule has 0 bridgehead atoms. The zero-order chi connectivity index (χ0) is 13.8. The van der Waals surface area contributed by atoms with Gasteiger partial charge in [0.1, 0.15) is 11.1 Å². The van der Waals surface area contributed by atoms with Gasteiger partial charge in [-0.25, -0.2) is 4.98 Å². The van der Waals surface area contributed by atoms with E-state index in [0.29, 0.717) is 10.6 Å². The van der Waals surface area contributed by atoms with Crippen molar-refractivity contribution in [3.63, 3.8) is 0 Å². The Bertz CT molecular complexity index is 615. The summed E-state index contributed by atoms with van der Waals surface area (Å²) in [5.74, 6) is 0. The minimum atomic E-state index is 0.120. The Kier molecular flexibility index (Phi) is 4.41. The summed E-state index contributed by atoms with van der Waals surface area (Å²) < 4.78 is 0. The molecule has 1 atom stereocenters. The quantitative estimate of drug-likeness (QED) is 0.908. The number of benzene rings is 1. The van der Waals surface area contributed by atoms with Crippen LogP contribution >= 0.6 is 22.9 Å². The van der Waals surface area contributed by atoms with Crippen molar-refractivity contribution >= 4 is 28.6 Å². The van der Waals surface area contributed by atoms with E-state index in [0.717, 1.165) is 17.1 Å². The fourth-order valence-corrected chi connectivity index (χ4v) is 2.78. The standard InChI is InChI=1S/C14H14ClN3S/c1-3-12-8-17-14(19-12)9(2)18-11-5-4-10(7-16)13(15)6-11/h4-6,8-9,18H,3H2,1-2H3. The third-order valence-corrected chi connectivity index (χ3v) is 4.40. The highest BCUT2D eigenvalue weighted by Crippen LogP contribution is 2.26. The lowest BCUT2D eigenvalue weighted by Crippen LogP contribution is -2.06. The summed E-state index contributed by atoms with van der Waals surface area (Å²) in [5, 5.41) is 13.7. The first-order valence-electron chi connectivity index (χ1n) is 6.04. The normalized spacial score (nSPS) is 11.9. The smallest absolute Gasteiger partial charge is 0.115 e. The Hall–Kier alpha value is -1.57. The van der Waals surface area contributed by atoms with Crippen molar-refractivity contribution in [1.82, 2.24) is 4.98 Å². The van der Waals surface area contributed by atoms with Crippen LogP contribution in [-0.4, -0.2) is 4.98 Å². The van der Waals surface area contributed by atoms with E-state index in [4.69, 9.17) is 16.9 Å². The third kappa shape index (κ3) is 3.25. The fourth-order valence-electron chi connectivity index (χ4n) is 1.69. The van der Waals surface area contributed by atoms with E-state index < -0.39 is 0 Å². The van der Waals surface area contributed by atoms with Crippen LogP contribution in [0.4, 0.5) is 5.69 Å². The van der Waals surface area contributed by atoms with Gasteiger partial charge in [0.05, 0.1) is 16.6 Å². The molecule has 0 aliphatic carbocycles. The maximum Gasteiger partial charge on any atom is 0.115 e. The monoisotopic (exact) mass is 291 g/mol. The van der Waals surface area contributed by atoms with Crippen molar-refractivity contribution in [1.29, 1.82) is 5.26 Å². The number of aryl methyl sites for hydroxylation is 1. The molecular formula is C14H14ClN3S. The van der Waals surface area contributed by atoms with Crippen LogP contribution in [0.2, 0.25) is 5.02 Å². The number of nitrogens with zero attached hydrogens (tertiary/aromatic N) is 2. The van der Waals surface area contributed by atoms with Gasteiger partial charge in [-0.1, -0.05) is 18.5 Å². The molecule has 19 heavy (non-hydrogen) atoms. The summed E-state index contributed by atoms with van der Waals surface area (Å²) in [6.45, 7) is 4.18. The number of halogens is 1. The van der Waals surface area contributed by atoms with E-state index in [9.17, 15) is 0 Å². The number of aromatic nitrogens is 1. The lowest BCUT2D eigenvalue weighted by molar-refractivity contribution is 0.869. The average molecular weight is 292 g/mol. The predicted molar refractivity (Wildman–Crippen MR) is 79.7 cm³/mol. The van der Waals surface area contributed by atoms with Crippen LogP contribution in [-0.2, 0) is 6.42 Å². The third-order valence-electron chi connectivity index (χ3n) is 2.76. The molecule has 2 rings (SSSR count). The van der Waals surface area contributed by atoms with Crippen LogP contribution in [0.25, 0.3) is 0 Å². The number of thiazole rings is 1. The minimum absolute atomic E-state index is 0.120. The minimum Gasteiger partial charge on any atom is -0.376 e. The van der Waals surface area contributed by atoms with Crippen molar-refractivity contribution in [3.05, 3.63) is 44.9 Å². The molecule has 5 heteroatoms. The molecule has 0 saturated carbocycles. The molecule has 0 amide bonds. The number of hydrogen-bond donors (Lipinski definition) is 1. The molecule has 1 unspecified atom stereocenters. The van der Waals surface area contributed by atoms with Crippen LogP contribution in [0.15, 0.2) is 24.4 Å². The first-order chi connectivity index (χ1) is 9.13. The van der Waals surface area contributed by atoms with Gasteiger partial charge >= 0.3 is 0 Å². The van der Waals surface area contributed by atoms with Gasteiger partial charge in [0.25, 0.3) is 0 Å². The average Bonchev–Trinajstić information content (AvgIpc) is 2.88. The van der Waals surface area contributed by atoms with E-state index in [1.54, 1.807) is 23.5 Å². The highest BCUT2D eigenvalue weighted by Gasteiger charge is 2.10. The van der Waals surface area contributed by atoms with Crippen molar-refractivity contribution in [2.24, 2.45) is 0 Å². The summed E-state index contributed by atoms with van der Waals surface area (Å²) >= 11 is 7.72. The fraction of sp³-hybridized carbons (Fsp3) is 0.286. The number of nitriles is 1. The second-order valence-corrected chi connectivity index (χ2v) is 5.74. The highest BCUT2D eigenvalue weighted by atomic mass is 35.5. The van der Waals surface area contributed by atoms with E-state index in [-0.39, 0.29) is 6.04 Å². The molecule has 0 spiro atoms. The Morgan fingerprint density at radius 2 is 2.32 bits per heavy atom. The number of anilines is 1. The molecule has 0 aliphatic rings. The van der Waals surface area contributed by atoms with Gasteiger partial charge in [-0.2, -0.15) is 5.26 Å². The molecule has 0 radical (unpaired) electrons. The first-order valence-corrected chi connectivity index (χ1v) is 7.24. The zero-order valence-corrected chi connectivity index (χ0v) is 12.3. The summed E-state index contributed by atoms with van der Waals surface area (Å²) in [6.07, 6.45) is 2.93. The van der Waals surface area contributed by atoms with Gasteiger partial charge in [-0.05, 0) is 31.5 Å². The lowest BCUT2D eigenvalue weighted by atomic mass is 10.2. The van der Waals surface area contributed by atoms with E-state index in [2.05, 4.69) is 24.1 Å². The van der Waals surface area contributed by atoms with Crippen LogP contribution in [0.1, 0.15) is 35.3 Å². The largest absolute Gasteiger partial charge is 0.376 e. The Labute approximate surface area is 121 Å². The van der Waals surface area contributed by atoms with Crippen LogP contribution in [0.3, 0.4) is 0 Å². The number of rotatable bonds is 4. The lowest BCUT2D eigenvalue weighted by Gasteiger charge is -2.13. The molecule has 3 nitrogen and oxygen atoms in total. The maximum atomic E-state index is 8.84. The van der Waals surface area contributed by atoms with E-state index in [1.807, 2.05) is 18.3 Å². The summed E-state index contributed by atoms with van der Waals surface area (Å²) in [7, 11) is 0. The molecule has 98 valence electrons. The molecule has 1 N–H and O–H groups in total.